The number of hydrogen-bond acceptors (Lipinski definition) is 1. The average Bonchev–Trinajstić information content (AvgIpc) is 2.16. The lowest BCUT2D eigenvalue weighted by atomic mass is 10.1. The van der Waals surface area contributed by atoms with Crippen molar-refractivity contribution in [2.24, 2.45) is 5.73 Å². The molecule has 0 aliphatic carbocycles. The fourth-order valence-electron chi connectivity index (χ4n) is 1.15. The standard InChI is InChI=1S/C11H12ClNO/c1-2-9-7-8(3-5-10(9)12)4-6-11(13)14/h3-7H,2H2,1H3,(H2,13,14)/b6-4+. The Morgan fingerprint density at radius 3 is 2.86 bits per heavy atom. The van der Waals surface area contributed by atoms with Crippen LogP contribution in [0.25, 0.3) is 6.08 Å². The molecule has 1 aromatic rings. The molecule has 0 radical (unpaired) electrons. The van der Waals surface area contributed by atoms with Crippen LogP contribution in [0.4, 0.5) is 0 Å². The van der Waals surface area contributed by atoms with Gasteiger partial charge in [0.2, 0.25) is 5.91 Å². The lowest BCUT2D eigenvalue weighted by Crippen LogP contribution is -2.05. The third-order valence-electron chi connectivity index (χ3n) is 1.89. The molecule has 0 aromatic heterocycles. The molecule has 2 nitrogen and oxygen atoms in total. The number of rotatable bonds is 3. The Bertz CT molecular complexity index is 372. The average molecular weight is 210 g/mol. The van der Waals surface area contributed by atoms with Gasteiger partial charge < -0.3 is 5.73 Å². The van der Waals surface area contributed by atoms with Crippen LogP contribution in [0.5, 0.6) is 0 Å². The third-order valence-corrected chi connectivity index (χ3v) is 2.26. The van der Waals surface area contributed by atoms with Crippen molar-refractivity contribution in [1.29, 1.82) is 0 Å². The summed E-state index contributed by atoms with van der Waals surface area (Å²) in [7, 11) is 0. The summed E-state index contributed by atoms with van der Waals surface area (Å²) < 4.78 is 0. The summed E-state index contributed by atoms with van der Waals surface area (Å²) in [6, 6.07) is 5.61. The highest BCUT2D eigenvalue weighted by molar-refractivity contribution is 6.31. The van der Waals surface area contributed by atoms with Crippen LogP contribution in [0, 0.1) is 0 Å². The lowest BCUT2D eigenvalue weighted by Gasteiger charge is -2.01. The van der Waals surface area contributed by atoms with Crippen LogP contribution < -0.4 is 5.73 Å². The van der Waals surface area contributed by atoms with Crippen molar-refractivity contribution in [1.82, 2.24) is 0 Å². The summed E-state index contributed by atoms with van der Waals surface area (Å²) in [5.74, 6) is -0.446. The molecule has 1 rings (SSSR count). The molecule has 0 saturated heterocycles. The molecule has 14 heavy (non-hydrogen) atoms. The van der Waals surface area contributed by atoms with E-state index in [0.29, 0.717) is 0 Å². The topological polar surface area (TPSA) is 43.1 Å². The predicted octanol–water partition coefficient (Wildman–Crippen LogP) is 2.40. The van der Waals surface area contributed by atoms with Gasteiger partial charge in [-0.1, -0.05) is 30.7 Å². The Morgan fingerprint density at radius 2 is 2.29 bits per heavy atom. The fourth-order valence-corrected chi connectivity index (χ4v) is 1.40. The van der Waals surface area contributed by atoms with Crippen molar-refractivity contribution in [2.45, 2.75) is 13.3 Å². The summed E-state index contributed by atoms with van der Waals surface area (Å²) in [6.45, 7) is 2.03. The highest BCUT2D eigenvalue weighted by Gasteiger charge is 1.97. The second-order valence-corrected chi connectivity index (χ2v) is 3.35. The van der Waals surface area contributed by atoms with Gasteiger partial charge in [-0.3, -0.25) is 4.79 Å². The number of primary amides is 1. The van der Waals surface area contributed by atoms with Crippen molar-refractivity contribution in [2.75, 3.05) is 0 Å². The number of nitrogens with two attached hydrogens (primary N) is 1. The molecule has 0 fully saturated rings. The van der Waals surface area contributed by atoms with Gasteiger partial charge in [-0.15, -0.1) is 0 Å². The van der Waals surface area contributed by atoms with Crippen LogP contribution in [0.2, 0.25) is 5.02 Å². The highest BCUT2D eigenvalue weighted by atomic mass is 35.5. The Kier molecular flexibility index (Phi) is 3.72. The van der Waals surface area contributed by atoms with E-state index in [9.17, 15) is 4.79 Å². The molecule has 0 heterocycles. The van der Waals surface area contributed by atoms with E-state index in [1.54, 1.807) is 6.08 Å². The molecule has 0 spiro atoms. The van der Waals surface area contributed by atoms with Crippen molar-refractivity contribution < 1.29 is 4.79 Å². The smallest absolute Gasteiger partial charge is 0.241 e. The van der Waals surface area contributed by atoms with Crippen LogP contribution in [-0.2, 0) is 11.2 Å². The molecule has 3 heteroatoms. The minimum absolute atomic E-state index is 0.446. The molecular weight excluding hydrogens is 198 g/mol. The Hall–Kier alpha value is -1.28. The SMILES string of the molecule is CCc1cc(/C=C/C(N)=O)ccc1Cl. The summed E-state index contributed by atoms with van der Waals surface area (Å²) >= 11 is 5.94. The third kappa shape index (κ3) is 2.89. The molecule has 0 bridgehead atoms. The summed E-state index contributed by atoms with van der Waals surface area (Å²) in [5, 5.41) is 0.753. The predicted molar refractivity (Wildman–Crippen MR) is 59.1 cm³/mol. The van der Waals surface area contributed by atoms with E-state index in [0.717, 1.165) is 22.6 Å². The Morgan fingerprint density at radius 1 is 1.57 bits per heavy atom. The lowest BCUT2D eigenvalue weighted by molar-refractivity contribution is -0.113. The molecule has 74 valence electrons. The minimum atomic E-state index is -0.446. The maximum atomic E-state index is 10.5. The second-order valence-electron chi connectivity index (χ2n) is 2.94. The van der Waals surface area contributed by atoms with Crippen molar-refractivity contribution >= 4 is 23.6 Å². The molecule has 0 saturated carbocycles. The molecule has 0 unspecified atom stereocenters. The maximum absolute atomic E-state index is 10.5. The molecule has 0 atom stereocenters. The molecule has 0 aliphatic rings. The Balaban J connectivity index is 2.95. The molecular formula is C11H12ClNO. The van der Waals surface area contributed by atoms with E-state index >= 15 is 0 Å². The van der Waals surface area contributed by atoms with Gasteiger partial charge in [0.05, 0.1) is 0 Å². The number of amides is 1. The number of carbonyl (C=O) groups is 1. The van der Waals surface area contributed by atoms with Crippen molar-refractivity contribution in [3.05, 3.63) is 40.4 Å². The fraction of sp³-hybridized carbons (Fsp3) is 0.182. The first kappa shape index (κ1) is 10.8. The van der Waals surface area contributed by atoms with E-state index in [1.165, 1.54) is 6.08 Å². The first-order valence-corrected chi connectivity index (χ1v) is 4.77. The van der Waals surface area contributed by atoms with Gasteiger partial charge in [-0.05, 0) is 29.7 Å². The number of halogens is 1. The van der Waals surface area contributed by atoms with E-state index in [1.807, 2.05) is 25.1 Å². The van der Waals surface area contributed by atoms with Crippen LogP contribution >= 0.6 is 11.6 Å². The van der Waals surface area contributed by atoms with Gasteiger partial charge in [0.1, 0.15) is 0 Å². The van der Waals surface area contributed by atoms with Gasteiger partial charge in [0.25, 0.3) is 0 Å². The second kappa shape index (κ2) is 4.82. The first-order chi connectivity index (χ1) is 6.63. The molecule has 1 aromatic carbocycles. The van der Waals surface area contributed by atoms with Crippen LogP contribution in [0.3, 0.4) is 0 Å². The summed E-state index contributed by atoms with van der Waals surface area (Å²) in [6.07, 6.45) is 3.89. The zero-order chi connectivity index (χ0) is 10.6. The van der Waals surface area contributed by atoms with Gasteiger partial charge in [-0.25, -0.2) is 0 Å². The summed E-state index contributed by atoms with van der Waals surface area (Å²) in [5.41, 5.74) is 6.99. The highest BCUT2D eigenvalue weighted by Crippen LogP contribution is 2.18. The van der Waals surface area contributed by atoms with Gasteiger partial charge in [0.15, 0.2) is 0 Å². The molecule has 0 aliphatic heterocycles. The Labute approximate surface area is 88.4 Å². The van der Waals surface area contributed by atoms with E-state index < -0.39 is 5.91 Å². The monoisotopic (exact) mass is 209 g/mol. The number of benzene rings is 1. The van der Waals surface area contributed by atoms with Gasteiger partial charge in [-0.2, -0.15) is 0 Å². The summed E-state index contributed by atoms with van der Waals surface area (Å²) in [4.78, 5) is 10.5. The zero-order valence-electron chi connectivity index (χ0n) is 7.96. The maximum Gasteiger partial charge on any atom is 0.241 e. The molecule has 1 amide bonds. The normalized spacial score (nSPS) is 10.7. The van der Waals surface area contributed by atoms with Gasteiger partial charge >= 0.3 is 0 Å². The quantitative estimate of drug-likeness (QED) is 0.764. The van der Waals surface area contributed by atoms with E-state index in [4.69, 9.17) is 17.3 Å². The number of carbonyl (C=O) groups excluding carboxylic acids is 1. The molecule has 2 N–H and O–H groups in total. The van der Waals surface area contributed by atoms with E-state index in [-0.39, 0.29) is 0 Å². The zero-order valence-corrected chi connectivity index (χ0v) is 8.71. The largest absolute Gasteiger partial charge is 0.366 e. The number of hydrogen-bond donors (Lipinski definition) is 1. The number of aryl methyl sites for hydroxylation is 1. The van der Waals surface area contributed by atoms with Crippen molar-refractivity contribution in [3.63, 3.8) is 0 Å². The van der Waals surface area contributed by atoms with Crippen molar-refractivity contribution in [3.8, 4) is 0 Å². The van der Waals surface area contributed by atoms with Crippen LogP contribution in [0.1, 0.15) is 18.1 Å². The minimum Gasteiger partial charge on any atom is -0.366 e. The van der Waals surface area contributed by atoms with Gasteiger partial charge in [0, 0.05) is 11.1 Å². The van der Waals surface area contributed by atoms with E-state index in [2.05, 4.69) is 0 Å². The van der Waals surface area contributed by atoms with Crippen LogP contribution in [0.15, 0.2) is 24.3 Å². The van der Waals surface area contributed by atoms with Crippen LogP contribution in [-0.4, -0.2) is 5.91 Å². The first-order valence-electron chi connectivity index (χ1n) is 4.39.